The number of nitrogens with zero attached hydrogens (tertiary/aromatic N) is 2. The smallest absolute Gasteiger partial charge is 0.343 e. The topological polar surface area (TPSA) is 89.5 Å². The van der Waals surface area contributed by atoms with E-state index in [4.69, 9.17) is 32.7 Å². The van der Waals surface area contributed by atoms with E-state index < -0.39 is 5.97 Å². The molecule has 0 saturated carbocycles. The van der Waals surface area contributed by atoms with Crippen molar-refractivity contribution < 1.29 is 23.8 Å². The lowest BCUT2D eigenvalue weighted by Crippen LogP contribution is -2.42. The van der Waals surface area contributed by atoms with Crippen LogP contribution in [0.5, 0.6) is 5.75 Å². The fourth-order valence-corrected chi connectivity index (χ4v) is 2.77. The molecule has 1 aliphatic rings. The molecule has 0 bridgehead atoms. The molecule has 1 amide bonds. The van der Waals surface area contributed by atoms with Crippen LogP contribution >= 0.6 is 23.2 Å². The molecule has 0 atom stereocenters. The number of nitrogens with one attached hydrogen (secondary N) is 1. The van der Waals surface area contributed by atoms with Crippen molar-refractivity contribution in [3.63, 3.8) is 0 Å². The van der Waals surface area contributed by atoms with Crippen LogP contribution in [0, 0.1) is 0 Å². The Morgan fingerprint density at radius 1 is 1.31 bits per heavy atom. The third-order valence-corrected chi connectivity index (χ3v) is 4.02. The van der Waals surface area contributed by atoms with Crippen molar-refractivity contribution in [3.8, 4) is 5.75 Å². The van der Waals surface area contributed by atoms with E-state index in [1.165, 1.54) is 13.3 Å². The van der Waals surface area contributed by atoms with Crippen LogP contribution in [0.3, 0.4) is 0 Å². The molecule has 1 N–H and O–H groups in total. The number of hydrazone groups is 1. The highest BCUT2D eigenvalue weighted by atomic mass is 35.5. The molecule has 0 radical (unpaired) electrons. The number of amides is 1. The average molecular weight is 404 g/mol. The van der Waals surface area contributed by atoms with Crippen LogP contribution in [0.15, 0.2) is 17.2 Å². The summed E-state index contributed by atoms with van der Waals surface area (Å²) in [5.41, 5.74) is 3.02. The van der Waals surface area contributed by atoms with Crippen LogP contribution in [0.1, 0.15) is 5.56 Å². The van der Waals surface area contributed by atoms with Gasteiger partial charge in [0.25, 0.3) is 5.91 Å². The van der Waals surface area contributed by atoms with Gasteiger partial charge in [0.05, 0.1) is 43.1 Å². The molecule has 1 aromatic carbocycles. The third kappa shape index (κ3) is 6.45. The van der Waals surface area contributed by atoms with Crippen LogP contribution < -0.4 is 10.2 Å². The zero-order chi connectivity index (χ0) is 18.9. The molecule has 0 aromatic heterocycles. The summed E-state index contributed by atoms with van der Waals surface area (Å²) in [6.07, 6.45) is 1.42. The van der Waals surface area contributed by atoms with E-state index in [0.29, 0.717) is 18.8 Å². The van der Waals surface area contributed by atoms with E-state index in [-0.39, 0.29) is 34.9 Å². The van der Waals surface area contributed by atoms with Gasteiger partial charge >= 0.3 is 5.97 Å². The van der Waals surface area contributed by atoms with Gasteiger partial charge in [-0.1, -0.05) is 23.2 Å². The minimum atomic E-state index is -0.550. The number of rotatable bonds is 7. The minimum absolute atomic E-state index is 0.173. The molecule has 0 aliphatic carbocycles. The van der Waals surface area contributed by atoms with Crippen LogP contribution in [-0.2, 0) is 19.1 Å². The highest BCUT2D eigenvalue weighted by molar-refractivity contribution is 6.37. The summed E-state index contributed by atoms with van der Waals surface area (Å²) < 4.78 is 14.9. The van der Waals surface area contributed by atoms with Gasteiger partial charge in [-0.2, -0.15) is 5.10 Å². The molecular weight excluding hydrogens is 385 g/mol. The first-order valence-electron chi connectivity index (χ1n) is 7.80. The largest absolute Gasteiger partial charge is 0.479 e. The molecule has 0 unspecified atom stereocenters. The summed E-state index contributed by atoms with van der Waals surface area (Å²) in [5.74, 6) is -0.601. The second kappa shape index (κ2) is 10.3. The number of esters is 1. The van der Waals surface area contributed by atoms with Gasteiger partial charge in [0.1, 0.15) is 0 Å². The second-order valence-corrected chi connectivity index (χ2v) is 6.17. The Morgan fingerprint density at radius 2 is 1.96 bits per heavy atom. The first-order valence-corrected chi connectivity index (χ1v) is 8.56. The Hall–Kier alpha value is -1.87. The second-order valence-electron chi connectivity index (χ2n) is 5.36. The molecule has 26 heavy (non-hydrogen) atoms. The number of hydrogen-bond acceptors (Lipinski definition) is 7. The number of carbonyl (C=O) groups is 2. The standard InChI is InChI=1S/C16H19Cl2N3O5/c1-24-15(23)10-26-16-12(17)6-11(7-13(16)18)8-19-20-14(22)9-21-2-4-25-5-3-21/h6-8H,2-5,9-10H2,1H3,(H,20,22)/b19-8+. The number of morpholine rings is 1. The van der Waals surface area contributed by atoms with E-state index in [1.807, 2.05) is 4.90 Å². The van der Waals surface area contributed by atoms with Crippen LogP contribution in [0.2, 0.25) is 10.0 Å². The Kier molecular flexibility index (Phi) is 8.11. The summed E-state index contributed by atoms with van der Waals surface area (Å²) in [5, 5.41) is 4.31. The third-order valence-electron chi connectivity index (χ3n) is 3.46. The van der Waals surface area contributed by atoms with Crippen molar-refractivity contribution in [1.82, 2.24) is 10.3 Å². The molecule has 10 heteroatoms. The van der Waals surface area contributed by atoms with Crippen LogP contribution in [0.4, 0.5) is 0 Å². The summed E-state index contributed by atoms with van der Waals surface area (Å²) in [6, 6.07) is 3.11. The zero-order valence-electron chi connectivity index (χ0n) is 14.2. The molecule has 1 heterocycles. The maximum Gasteiger partial charge on any atom is 0.343 e. The van der Waals surface area contributed by atoms with Gasteiger partial charge in [-0.05, 0) is 17.7 Å². The lowest BCUT2D eigenvalue weighted by Gasteiger charge is -2.25. The van der Waals surface area contributed by atoms with E-state index in [9.17, 15) is 9.59 Å². The van der Waals surface area contributed by atoms with Crippen molar-refractivity contribution in [1.29, 1.82) is 0 Å². The first-order chi connectivity index (χ1) is 12.5. The zero-order valence-corrected chi connectivity index (χ0v) is 15.7. The first kappa shape index (κ1) is 20.4. The van der Waals surface area contributed by atoms with Crippen molar-refractivity contribution >= 4 is 41.3 Å². The molecule has 1 fully saturated rings. The number of methoxy groups -OCH3 is 1. The minimum Gasteiger partial charge on any atom is -0.479 e. The molecule has 142 valence electrons. The van der Waals surface area contributed by atoms with Gasteiger partial charge in [-0.3, -0.25) is 9.69 Å². The molecule has 1 aliphatic heterocycles. The van der Waals surface area contributed by atoms with E-state index in [1.54, 1.807) is 12.1 Å². The van der Waals surface area contributed by atoms with Gasteiger partial charge in [-0.15, -0.1) is 0 Å². The van der Waals surface area contributed by atoms with Crippen molar-refractivity contribution in [2.45, 2.75) is 0 Å². The molecule has 8 nitrogen and oxygen atoms in total. The number of benzene rings is 1. The fourth-order valence-electron chi connectivity index (χ4n) is 2.16. The summed E-state index contributed by atoms with van der Waals surface area (Å²) >= 11 is 12.2. The van der Waals surface area contributed by atoms with Crippen molar-refractivity contribution in [2.24, 2.45) is 5.10 Å². The lowest BCUT2D eigenvalue weighted by molar-refractivity contribution is -0.142. The van der Waals surface area contributed by atoms with Gasteiger partial charge < -0.3 is 14.2 Å². The monoisotopic (exact) mass is 403 g/mol. The SMILES string of the molecule is COC(=O)COc1c(Cl)cc(/C=N/NC(=O)CN2CCOCC2)cc1Cl. The van der Waals surface area contributed by atoms with Gasteiger partial charge in [0, 0.05) is 13.1 Å². The summed E-state index contributed by atoms with van der Waals surface area (Å²) in [4.78, 5) is 24.9. The van der Waals surface area contributed by atoms with Gasteiger partial charge in [0.2, 0.25) is 0 Å². The summed E-state index contributed by atoms with van der Waals surface area (Å²) in [7, 11) is 1.25. The van der Waals surface area contributed by atoms with Crippen molar-refractivity contribution in [3.05, 3.63) is 27.7 Å². The molecule has 2 rings (SSSR count). The molecule has 1 saturated heterocycles. The Bertz CT molecular complexity index is 655. The van der Waals surface area contributed by atoms with Crippen LogP contribution in [-0.4, -0.2) is 69.6 Å². The highest BCUT2D eigenvalue weighted by Crippen LogP contribution is 2.33. The number of carbonyl (C=O) groups excluding carboxylic acids is 2. The van der Waals surface area contributed by atoms with E-state index in [0.717, 1.165) is 13.1 Å². The normalized spacial score (nSPS) is 15.0. The Balaban J connectivity index is 1.89. The maximum absolute atomic E-state index is 11.8. The predicted molar refractivity (Wildman–Crippen MR) is 97.0 cm³/mol. The number of hydrogen-bond donors (Lipinski definition) is 1. The quantitative estimate of drug-likeness (QED) is 0.419. The van der Waals surface area contributed by atoms with Gasteiger partial charge in [0.15, 0.2) is 12.4 Å². The van der Waals surface area contributed by atoms with Crippen molar-refractivity contribution in [2.75, 3.05) is 46.6 Å². The number of ether oxygens (including phenoxy) is 3. The fraction of sp³-hybridized carbons (Fsp3) is 0.438. The molecule has 1 aromatic rings. The lowest BCUT2D eigenvalue weighted by atomic mass is 10.2. The molecular formula is C16H19Cl2N3O5. The Morgan fingerprint density at radius 3 is 2.58 bits per heavy atom. The predicted octanol–water partition coefficient (Wildman–Crippen LogP) is 1.33. The average Bonchev–Trinajstić information content (AvgIpc) is 2.61. The molecule has 0 spiro atoms. The maximum atomic E-state index is 11.8. The van der Waals surface area contributed by atoms with E-state index in [2.05, 4.69) is 15.3 Å². The Labute approximate surface area is 161 Å². The summed E-state index contributed by atoms with van der Waals surface area (Å²) in [6.45, 7) is 2.63. The number of halogens is 2. The van der Waals surface area contributed by atoms with E-state index >= 15 is 0 Å². The van der Waals surface area contributed by atoms with Crippen LogP contribution in [0.25, 0.3) is 0 Å². The highest BCUT2D eigenvalue weighted by Gasteiger charge is 2.14. The van der Waals surface area contributed by atoms with Gasteiger partial charge in [-0.25, -0.2) is 10.2 Å².